The van der Waals surface area contributed by atoms with Gasteiger partial charge in [-0.2, -0.15) is 0 Å². The first-order chi connectivity index (χ1) is 12.0. The average molecular weight is 344 g/mol. The zero-order valence-corrected chi connectivity index (χ0v) is 14.9. The summed E-state index contributed by atoms with van der Waals surface area (Å²) in [6.45, 7) is 2.31. The lowest BCUT2D eigenvalue weighted by molar-refractivity contribution is -0.140. The lowest BCUT2D eigenvalue weighted by atomic mass is 9.81. The van der Waals surface area contributed by atoms with Crippen molar-refractivity contribution in [3.63, 3.8) is 0 Å². The number of likely N-dealkylation sites (tertiary alicyclic amines) is 1. The molecular weight excluding hydrogens is 316 g/mol. The SMILES string of the molecule is CN(CC[C@@H]1CN(C(=O)C2CC2)CC[C@H]1CC(=O)O)c1ccccc1. The summed E-state index contributed by atoms with van der Waals surface area (Å²) in [7, 11) is 2.07. The third-order valence-corrected chi connectivity index (χ3v) is 5.60. The van der Waals surface area contributed by atoms with Crippen molar-refractivity contribution in [2.24, 2.45) is 17.8 Å². The van der Waals surface area contributed by atoms with E-state index in [1.807, 2.05) is 23.1 Å². The largest absolute Gasteiger partial charge is 0.481 e. The molecule has 1 heterocycles. The molecule has 0 spiro atoms. The Bertz CT molecular complexity index is 600. The Kier molecular flexibility index (Phi) is 5.61. The molecule has 3 rings (SSSR count). The Labute approximate surface area is 149 Å². The third kappa shape index (κ3) is 4.74. The Morgan fingerprint density at radius 3 is 2.52 bits per heavy atom. The third-order valence-electron chi connectivity index (χ3n) is 5.60. The predicted octanol–water partition coefficient (Wildman–Crippen LogP) is 2.86. The minimum atomic E-state index is -0.728. The highest BCUT2D eigenvalue weighted by Gasteiger charge is 2.38. The summed E-state index contributed by atoms with van der Waals surface area (Å²) in [6.07, 6.45) is 3.98. The number of para-hydroxylation sites is 1. The van der Waals surface area contributed by atoms with E-state index in [1.54, 1.807) is 0 Å². The van der Waals surface area contributed by atoms with Crippen LogP contribution in [0.2, 0.25) is 0 Å². The van der Waals surface area contributed by atoms with Crippen LogP contribution in [0.4, 0.5) is 5.69 Å². The van der Waals surface area contributed by atoms with Crippen LogP contribution in [-0.4, -0.2) is 48.6 Å². The number of hydrogen-bond donors (Lipinski definition) is 1. The molecule has 1 aromatic rings. The van der Waals surface area contributed by atoms with Gasteiger partial charge in [-0.25, -0.2) is 0 Å². The number of benzene rings is 1. The van der Waals surface area contributed by atoms with E-state index in [9.17, 15) is 14.7 Å². The van der Waals surface area contributed by atoms with Crippen molar-refractivity contribution < 1.29 is 14.7 Å². The molecule has 0 unspecified atom stereocenters. The first-order valence-electron chi connectivity index (χ1n) is 9.31. The number of carboxylic acid groups (broad SMARTS) is 1. The van der Waals surface area contributed by atoms with Crippen molar-refractivity contribution in [3.05, 3.63) is 30.3 Å². The number of rotatable bonds is 7. The fourth-order valence-corrected chi connectivity index (χ4v) is 3.86. The van der Waals surface area contributed by atoms with E-state index in [0.717, 1.165) is 45.3 Å². The quantitative estimate of drug-likeness (QED) is 0.826. The van der Waals surface area contributed by atoms with Gasteiger partial charge in [-0.3, -0.25) is 9.59 Å². The summed E-state index contributed by atoms with van der Waals surface area (Å²) in [5.41, 5.74) is 1.17. The Morgan fingerprint density at radius 2 is 1.88 bits per heavy atom. The molecule has 2 atom stereocenters. The Morgan fingerprint density at radius 1 is 1.16 bits per heavy atom. The van der Waals surface area contributed by atoms with Crippen LogP contribution in [0.15, 0.2) is 30.3 Å². The van der Waals surface area contributed by atoms with Crippen molar-refractivity contribution in [2.45, 2.75) is 32.1 Å². The van der Waals surface area contributed by atoms with Crippen molar-refractivity contribution in [2.75, 3.05) is 31.6 Å². The van der Waals surface area contributed by atoms with Gasteiger partial charge in [0.25, 0.3) is 0 Å². The second kappa shape index (κ2) is 7.89. The smallest absolute Gasteiger partial charge is 0.303 e. The van der Waals surface area contributed by atoms with E-state index < -0.39 is 5.97 Å². The summed E-state index contributed by atoms with van der Waals surface area (Å²) in [5, 5.41) is 9.22. The first-order valence-corrected chi connectivity index (χ1v) is 9.31. The minimum Gasteiger partial charge on any atom is -0.481 e. The van der Waals surface area contributed by atoms with E-state index in [4.69, 9.17) is 0 Å². The van der Waals surface area contributed by atoms with Gasteiger partial charge in [-0.15, -0.1) is 0 Å². The van der Waals surface area contributed by atoms with E-state index in [-0.39, 0.29) is 30.1 Å². The van der Waals surface area contributed by atoms with Gasteiger partial charge in [0.1, 0.15) is 0 Å². The molecule has 0 aromatic heterocycles. The fraction of sp³-hybridized carbons (Fsp3) is 0.600. The summed E-state index contributed by atoms with van der Waals surface area (Å²) in [4.78, 5) is 27.8. The molecule has 0 bridgehead atoms. The van der Waals surface area contributed by atoms with Crippen LogP contribution in [0.1, 0.15) is 32.1 Å². The molecule has 2 fully saturated rings. The highest BCUT2D eigenvalue weighted by atomic mass is 16.4. The molecule has 136 valence electrons. The monoisotopic (exact) mass is 344 g/mol. The molecule has 1 aromatic carbocycles. The molecule has 2 aliphatic rings. The fourth-order valence-electron chi connectivity index (χ4n) is 3.86. The molecule has 1 saturated carbocycles. The van der Waals surface area contributed by atoms with Crippen LogP contribution >= 0.6 is 0 Å². The number of carbonyl (C=O) groups excluding carboxylic acids is 1. The van der Waals surface area contributed by atoms with E-state index in [2.05, 4.69) is 24.1 Å². The van der Waals surface area contributed by atoms with Crippen molar-refractivity contribution in [1.82, 2.24) is 4.90 Å². The minimum absolute atomic E-state index is 0.171. The first kappa shape index (κ1) is 17.8. The van der Waals surface area contributed by atoms with Gasteiger partial charge < -0.3 is 14.9 Å². The molecule has 25 heavy (non-hydrogen) atoms. The van der Waals surface area contributed by atoms with Crippen molar-refractivity contribution in [3.8, 4) is 0 Å². The standard InChI is InChI=1S/C20H28N2O3/c1-21(18-5-3-2-4-6-18)11-9-17-14-22(20(25)15-7-8-15)12-10-16(17)13-19(23)24/h2-6,15-17H,7-14H2,1H3,(H,23,24)/t16-,17+/m0/s1. The van der Waals surface area contributed by atoms with Gasteiger partial charge in [0.2, 0.25) is 5.91 Å². The van der Waals surface area contributed by atoms with E-state index >= 15 is 0 Å². The maximum Gasteiger partial charge on any atom is 0.303 e. The highest BCUT2D eigenvalue weighted by molar-refractivity contribution is 5.81. The van der Waals surface area contributed by atoms with Gasteiger partial charge in [0, 0.05) is 44.7 Å². The summed E-state index contributed by atoms with van der Waals surface area (Å²) in [5.74, 6) is 0.232. The van der Waals surface area contributed by atoms with Crippen LogP contribution < -0.4 is 4.90 Å². The molecule has 1 aliphatic heterocycles. The molecule has 1 N–H and O–H groups in total. The molecule has 0 radical (unpaired) electrons. The van der Waals surface area contributed by atoms with Gasteiger partial charge in [-0.05, 0) is 49.7 Å². The van der Waals surface area contributed by atoms with E-state index in [0.29, 0.717) is 0 Å². The molecular formula is C20H28N2O3. The second-order valence-electron chi connectivity index (χ2n) is 7.51. The second-order valence-corrected chi connectivity index (χ2v) is 7.51. The Balaban J connectivity index is 1.60. The number of nitrogens with zero attached hydrogens (tertiary/aromatic N) is 2. The van der Waals surface area contributed by atoms with Crippen LogP contribution in [0, 0.1) is 17.8 Å². The van der Waals surface area contributed by atoms with E-state index in [1.165, 1.54) is 5.69 Å². The lowest BCUT2D eigenvalue weighted by Gasteiger charge is -2.39. The van der Waals surface area contributed by atoms with Crippen molar-refractivity contribution in [1.29, 1.82) is 0 Å². The predicted molar refractivity (Wildman–Crippen MR) is 97.5 cm³/mol. The van der Waals surface area contributed by atoms with Crippen molar-refractivity contribution >= 4 is 17.6 Å². The molecule has 1 saturated heterocycles. The van der Waals surface area contributed by atoms with Gasteiger partial charge in [0.05, 0.1) is 0 Å². The van der Waals surface area contributed by atoms with Crippen LogP contribution in [0.25, 0.3) is 0 Å². The lowest BCUT2D eigenvalue weighted by Crippen LogP contribution is -2.45. The van der Waals surface area contributed by atoms with Crippen LogP contribution in [0.3, 0.4) is 0 Å². The number of aliphatic carboxylic acids is 1. The molecule has 1 amide bonds. The zero-order chi connectivity index (χ0) is 17.8. The number of amides is 1. The summed E-state index contributed by atoms with van der Waals surface area (Å²) in [6, 6.07) is 10.2. The molecule has 1 aliphatic carbocycles. The van der Waals surface area contributed by atoms with Crippen LogP contribution in [0.5, 0.6) is 0 Å². The molecule has 5 nitrogen and oxygen atoms in total. The zero-order valence-electron chi connectivity index (χ0n) is 14.9. The summed E-state index contributed by atoms with van der Waals surface area (Å²) < 4.78 is 0. The van der Waals surface area contributed by atoms with Gasteiger partial charge in [0.15, 0.2) is 0 Å². The molecule has 5 heteroatoms. The number of anilines is 1. The number of hydrogen-bond acceptors (Lipinski definition) is 3. The van der Waals surface area contributed by atoms with Gasteiger partial charge in [-0.1, -0.05) is 18.2 Å². The summed E-state index contributed by atoms with van der Waals surface area (Å²) >= 11 is 0. The number of carboxylic acids is 1. The normalized spacial score (nSPS) is 23.3. The average Bonchev–Trinajstić information content (AvgIpc) is 3.45. The Hall–Kier alpha value is -2.04. The number of piperidine rings is 1. The maximum atomic E-state index is 12.4. The highest BCUT2D eigenvalue weighted by Crippen LogP contribution is 2.35. The van der Waals surface area contributed by atoms with Crippen LogP contribution in [-0.2, 0) is 9.59 Å². The topological polar surface area (TPSA) is 60.9 Å². The van der Waals surface area contributed by atoms with Gasteiger partial charge >= 0.3 is 5.97 Å². The number of carbonyl (C=O) groups is 2. The maximum absolute atomic E-state index is 12.4.